The summed E-state index contributed by atoms with van der Waals surface area (Å²) in [5.41, 5.74) is 8.26. The van der Waals surface area contributed by atoms with E-state index in [0.717, 1.165) is 17.0 Å². The number of pyridine rings is 1. The Morgan fingerprint density at radius 1 is 1.15 bits per heavy atom. The molecule has 3 rings (SSSR count). The Bertz CT molecular complexity index is 834. The highest BCUT2D eigenvalue weighted by Gasteiger charge is 2.19. The molecule has 0 unspecified atom stereocenters. The number of aromatic nitrogens is 4. The molecule has 0 fully saturated rings. The van der Waals surface area contributed by atoms with E-state index in [1.54, 1.807) is 10.9 Å². The Morgan fingerprint density at radius 2 is 1.92 bits per heavy atom. The largest absolute Gasteiger partial charge is 0.369 e. The molecule has 0 radical (unpaired) electrons. The molecule has 1 atom stereocenters. The molecule has 0 spiro atoms. The summed E-state index contributed by atoms with van der Waals surface area (Å²) in [4.78, 5) is 17.8. The fourth-order valence-corrected chi connectivity index (χ4v) is 2.83. The third-order valence-corrected chi connectivity index (χ3v) is 4.19. The lowest BCUT2D eigenvalue weighted by atomic mass is 10.1. The molecule has 0 aliphatic heterocycles. The Kier molecular flexibility index (Phi) is 5.70. The minimum atomic E-state index is -0.367. The number of rotatable bonds is 8. The minimum absolute atomic E-state index is 0.0321. The second-order valence-electron chi connectivity index (χ2n) is 6.19. The van der Waals surface area contributed by atoms with Gasteiger partial charge in [0.05, 0.1) is 30.7 Å². The van der Waals surface area contributed by atoms with E-state index in [9.17, 15) is 4.79 Å². The number of amides is 1. The molecule has 0 saturated carbocycles. The highest BCUT2D eigenvalue weighted by molar-refractivity contribution is 5.76. The maximum atomic E-state index is 11.5. The van der Waals surface area contributed by atoms with Gasteiger partial charge in [-0.05, 0) is 24.6 Å². The van der Waals surface area contributed by atoms with Crippen molar-refractivity contribution >= 4 is 5.91 Å². The molecule has 3 aromatic rings. The molecule has 2 aromatic heterocycles. The lowest BCUT2D eigenvalue weighted by Gasteiger charge is -2.27. The van der Waals surface area contributed by atoms with Crippen LogP contribution in [0.15, 0.2) is 60.9 Å². The van der Waals surface area contributed by atoms with Crippen LogP contribution in [0, 0.1) is 0 Å². The number of hydrogen-bond acceptors (Lipinski definition) is 5. The van der Waals surface area contributed by atoms with Crippen LogP contribution < -0.4 is 5.73 Å². The molecular weight excluding hydrogens is 328 g/mol. The van der Waals surface area contributed by atoms with Crippen molar-refractivity contribution < 1.29 is 4.79 Å². The van der Waals surface area contributed by atoms with E-state index in [-0.39, 0.29) is 18.5 Å². The molecule has 26 heavy (non-hydrogen) atoms. The van der Waals surface area contributed by atoms with Crippen LogP contribution in [-0.4, -0.2) is 37.3 Å². The average Bonchev–Trinajstić information content (AvgIpc) is 3.08. The quantitative estimate of drug-likeness (QED) is 0.669. The molecule has 0 aliphatic carbocycles. The third-order valence-electron chi connectivity index (χ3n) is 4.19. The van der Waals surface area contributed by atoms with Gasteiger partial charge in [-0.3, -0.25) is 14.7 Å². The normalized spacial score (nSPS) is 12.2. The zero-order valence-electron chi connectivity index (χ0n) is 14.7. The van der Waals surface area contributed by atoms with Crippen molar-refractivity contribution in [2.24, 2.45) is 5.73 Å². The van der Waals surface area contributed by atoms with E-state index >= 15 is 0 Å². The molecule has 1 aromatic carbocycles. The first-order valence-corrected chi connectivity index (χ1v) is 8.48. The standard InChI is InChI=1S/C19H22N6O/c1-15(16-7-3-2-4-8-16)24(14-19(20)26)11-18-13-25(23-22-18)12-17-9-5-6-10-21-17/h2-10,13,15H,11-12,14H2,1H3,(H2,20,26)/t15-/m1/s1. The second kappa shape index (κ2) is 8.35. The van der Waals surface area contributed by atoms with Crippen LogP contribution in [0.2, 0.25) is 0 Å². The highest BCUT2D eigenvalue weighted by atomic mass is 16.1. The summed E-state index contributed by atoms with van der Waals surface area (Å²) < 4.78 is 1.74. The van der Waals surface area contributed by atoms with Crippen molar-refractivity contribution in [3.8, 4) is 0 Å². The second-order valence-corrected chi connectivity index (χ2v) is 6.19. The molecule has 0 bridgehead atoms. The number of nitrogens with zero attached hydrogens (tertiary/aromatic N) is 5. The molecule has 7 heteroatoms. The fourth-order valence-electron chi connectivity index (χ4n) is 2.83. The van der Waals surface area contributed by atoms with Gasteiger partial charge in [-0.25, -0.2) is 4.68 Å². The first-order chi connectivity index (χ1) is 12.6. The van der Waals surface area contributed by atoms with Crippen molar-refractivity contribution in [1.29, 1.82) is 0 Å². The Morgan fingerprint density at radius 3 is 2.62 bits per heavy atom. The smallest absolute Gasteiger partial charge is 0.231 e. The maximum Gasteiger partial charge on any atom is 0.231 e. The minimum Gasteiger partial charge on any atom is -0.369 e. The average molecular weight is 350 g/mol. The summed E-state index contributed by atoms with van der Waals surface area (Å²) >= 11 is 0. The molecule has 2 heterocycles. The summed E-state index contributed by atoms with van der Waals surface area (Å²) in [6.45, 7) is 3.25. The molecule has 2 N–H and O–H groups in total. The summed E-state index contributed by atoms with van der Waals surface area (Å²) in [5, 5.41) is 8.39. The zero-order valence-corrected chi connectivity index (χ0v) is 14.7. The van der Waals surface area contributed by atoms with Crippen LogP contribution in [0.25, 0.3) is 0 Å². The molecule has 1 amide bonds. The number of primary amides is 1. The van der Waals surface area contributed by atoms with Crippen LogP contribution in [0.3, 0.4) is 0 Å². The van der Waals surface area contributed by atoms with Gasteiger partial charge in [-0.2, -0.15) is 0 Å². The van der Waals surface area contributed by atoms with Crippen LogP contribution in [0.1, 0.15) is 29.9 Å². The van der Waals surface area contributed by atoms with E-state index in [1.165, 1.54) is 0 Å². The van der Waals surface area contributed by atoms with Crippen molar-refractivity contribution in [3.05, 3.63) is 77.9 Å². The molecule has 134 valence electrons. The van der Waals surface area contributed by atoms with E-state index in [0.29, 0.717) is 13.1 Å². The maximum absolute atomic E-state index is 11.5. The van der Waals surface area contributed by atoms with Gasteiger partial charge in [0.15, 0.2) is 0 Å². The Hall–Kier alpha value is -3.06. The molecular formula is C19H22N6O. The van der Waals surface area contributed by atoms with Gasteiger partial charge in [0.2, 0.25) is 5.91 Å². The van der Waals surface area contributed by atoms with E-state index in [2.05, 4.69) is 22.2 Å². The predicted octanol–water partition coefficient (Wildman–Crippen LogP) is 1.77. The monoisotopic (exact) mass is 350 g/mol. The summed E-state index contributed by atoms with van der Waals surface area (Å²) in [6, 6.07) is 15.8. The highest BCUT2D eigenvalue weighted by Crippen LogP contribution is 2.21. The number of hydrogen-bond donors (Lipinski definition) is 1. The summed E-state index contributed by atoms with van der Waals surface area (Å²) in [6.07, 6.45) is 3.63. The number of carbonyl (C=O) groups excluding carboxylic acids is 1. The summed E-state index contributed by atoms with van der Waals surface area (Å²) in [5.74, 6) is -0.367. The van der Waals surface area contributed by atoms with Crippen molar-refractivity contribution in [3.63, 3.8) is 0 Å². The van der Waals surface area contributed by atoms with Gasteiger partial charge in [-0.15, -0.1) is 5.10 Å². The van der Waals surface area contributed by atoms with Gasteiger partial charge >= 0.3 is 0 Å². The topological polar surface area (TPSA) is 89.9 Å². The van der Waals surface area contributed by atoms with Gasteiger partial charge in [0.1, 0.15) is 0 Å². The van der Waals surface area contributed by atoms with Crippen molar-refractivity contribution in [1.82, 2.24) is 24.9 Å². The van der Waals surface area contributed by atoms with Crippen molar-refractivity contribution in [2.45, 2.75) is 26.1 Å². The van der Waals surface area contributed by atoms with Crippen LogP contribution in [0.4, 0.5) is 0 Å². The number of nitrogens with two attached hydrogens (primary N) is 1. The number of carbonyl (C=O) groups is 1. The predicted molar refractivity (Wildman–Crippen MR) is 97.8 cm³/mol. The Balaban J connectivity index is 1.72. The van der Waals surface area contributed by atoms with Gasteiger partial charge < -0.3 is 5.73 Å². The van der Waals surface area contributed by atoms with E-state index < -0.39 is 0 Å². The first kappa shape index (κ1) is 17.8. The van der Waals surface area contributed by atoms with Crippen molar-refractivity contribution in [2.75, 3.05) is 6.54 Å². The molecule has 0 saturated heterocycles. The van der Waals surface area contributed by atoms with E-state index in [1.807, 2.05) is 59.6 Å². The van der Waals surface area contributed by atoms with Crippen LogP contribution in [-0.2, 0) is 17.9 Å². The summed E-state index contributed by atoms with van der Waals surface area (Å²) in [7, 11) is 0. The van der Waals surface area contributed by atoms with E-state index in [4.69, 9.17) is 5.73 Å². The lowest BCUT2D eigenvalue weighted by molar-refractivity contribution is -0.119. The molecule has 0 aliphatic rings. The van der Waals surface area contributed by atoms with Gasteiger partial charge in [-0.1, -0.05) is 41.6 Å². The lowest BCUT2D eigenvalue weighted by Crippen LogP contribution is -2.35. The first-order valence-electron chi connectivity index (χ1n) is 8.48. The van der Waals surface area contributed by atoms with Gasteiger partial charge in [0.25, 0.3) is 0 Å². The third kappa shape index (κ3) is 4.73. The van der Waals surface area contributed by atoms with Gasteiger partial charge in [0, 0.05) is 18.8 Å². The fraction of sp³-hybridized carbons (Fsp3) is 0.263. The number of benzene rings is 1. The van der Waals surface area contributed by atoms with Crippen LogP contribution >= 0.6 is 0 Å². The zero-order chi connectivity index (χ0) is 18.4. The molecule has 7 nitrogen and oxygen atoms in total. The van der Waals surface area contributed by atoms with Crippen LogP contribution in [0.5, 0.6) is 0 Å². The SMILES string of the molecule is C[C@H](c1ccccc1)N(CC(N)=O)Cc1cn(Cc2ccccn2)nn1. The Labute approximate surface area is 152 Å².